The smallest absolute Gasteiger partial charge is 0.113 e. The minimum absolute atomic E-state index is 0.673. The maximum Gasteiger partial charge on any atom is 0.113 e. The number of imidazole rings is 1. The second kappa shape index (κ2) is 6.15. The Balaban J connectivity index is 1.83. The highest BCUT2D eigenvalue weighted by Gasteiger charge is 2.07. The third kappa shape index (κ3) is 2.99. The van der Waals surface area contributed by atoms with Gasteiger partial charge in [-0.25, -0.2) is 4.98 Å². The van der Waals surface area contributed by atoms with Gasteiger partial charge in [-0.1, -0.05) is 30.3 Å². The standard InChI is InChI=1S/C18H16N4/c19-12-14-4-3-5-15(10-14)13-22-9-8-21-18(22)11-16-6-1-2-7-17(16)20/h1-10H,11,13,20H2. The quantitative estimate of drug-likeness (QED) is 0.750. The van der Waals surface area contributed by atoms with Gasteiger partial charge < -0.3 is 10.3 Å². The van der Waals surface area contributed by atoms with Gasteiger partial charge in [0.1, 0.15) is 5.82 Å². The molecule has 22 heavy (non-hydrogen) atoms. The van der Waals surface area contributed by atoms with Crippen LogP contribution in [0, 0.1) is 11.3 Å². The van der Waals surface area contributed by atoms with Crippen LogP contribution in [0.25, 0.3) is 0 Å². The average molecular weight is 288 g/mol. The highest BCUT2D eigenvalue weighted by molar-refractivity contribution is 5.47. The van der Waals surface area contributed by atoms with Crippen molar-refractivity contribution in [2.24, 2.45) is 0 Å². The second-order valence-electron chi connectivity index (χ2n) is 5.16. The Morgan fingerprint density at radius 3 is 2.82 bits per heavy atom. The molecular formula is C18H16N4. The van der Waals surface area contributed by atoms with Crippen molar-refractivity contribution in [2.45, 2.75) is 13.0 Å². The molecule has 4 heteroatoms. The zero-order valence-corrected chi connectivity index (χ0v) is 12.1. The van der Waals surface area contributed by atoms with Crippen LogP contribution < -0.4 is 5.73 Å². The summed E-state index contributed by atoms with van der Waals surface area (Å²) in [6.07, 6.45) is 4.44. The first-order chi connectivity index (χ1) is 10.8. The lowest BCUT2D eigenvalue weighted by Crippen LogP contribution is -2.06. The number of nitrogens with two attached hydrogens (primary N) is 1. The number of anilines is 1. The van der Waals surface area contributed by atoms with Crippen molar-refractivity contribution in [3.8, 4) is 6.07 Å². The van der Waals surface area contributed by atoms with E-state index in [1.165, 1.54) is 0 Å². The molecule has 0 amide bonds. The van der Waals surface area contributed by atoms with Gasteiger partial charge in [-0.2, -0.15) is 5.26 Å². The number of nitrogens with zero attached hydrogens (tertiary/aromatic N) is 3. The van der Waals surface area contributed by atoms with Crippen molar-refractivity contribution in [2.75, 3.05) is 5.73 Å². The van der Waals surface area contributed by atoms with Crippen LogP contribution in [-0.2, 0) is 13.0 Å². The summed E-state index contributed by atoms with van der Waals surface area (Å²) < 4.78 is 2.09. The Bertz CT molecular complexity index is 827. The molecule has 0 fully saturated rings. The van der Waals surface area contributed by atoms with Crippen molar-refractivity contribution < 1.29 is 0 Å². The van der Waals surface area contributed by atoms with Gasteiger partial charge in [0, 0.05) is 31.0 Å². The summed E-state index contributed by atoms with van der Waals surface area (Å²) in [6.45, 7) is 0.692. The molecule has 0 atom stereocenters. The molecular weight excluding hydrogens is 272 g/mol. The van der Waals surface area contributed by atoms with Gasteiger partial charge in [0.25, 0.3) is 0 Å². The van der Waals surface area contributed by atoms with Crippen molar-refractivity contribution >= 4 is 5.69 Å². The van der Waals surface area contributed by atoms with E-state index in [2.05, 4.69) is 15.6 Å². The topological polar surface area (TPSA) is 67.6 Å². The molecule has 0 aliphatic heterocycles. The molecule has 0 aliphatic rings. The van der Waals surface area contributed by atoms with Crippen LogP contribution in [0.4, 0.5) is 5.69 Å². The molecule has 0 aliphatic carbocycles. The number of nitriles is 1. The van der Waals surface area contributed by atoms with Gasteiger partial charge in [0.05, 0.1) is 11.6 Å². The van der Waals surface area contributed by atoms with Crippen LogP contribution in [-0.4, -0.2) is 9.55 Å². The molecule has 108 valence electrons. The summed E-state index contributed by atoms with van der Waals surface area (Å²) in [4.78, 5) is 4.43. The maximum atomic E-state index is 8.99. The minimum Gasteiger partial charge on any atom is -0.398 e. The summed E-state index contributed by atoms with van der Waals surface area (Å²) in [5.74, 6) is 0.959. The zero-order chi connectivity index (χ0) is 15.4. The zero-order valence-electron chi connectivity index (χ0n) is 12.1. The lowest BCUT2D eigenvalue weighted by Gasteiger charge is -2.10. The first-order valence-electron chi connectivity index (χ1n) is 7.08. The van der Waals surface area contributed by atoms with E-state index < -0.39 is 0 Å². The molecule has 4 nitrogen and oxygen atoms in total. The Morgan fingerprint density at radius 1 is 1.14 bits per heavy atom. The lowest BCUT2D eigenvalue weighted by molar-refractivity contribution is 0.741. The van der Waals surface area contributed by atoms with E-state index in [9.17, 15) is 0 Å². The molecule has 1 heterocycles. The first-order valence-corrected chi connectivity index (χ1v) is 7.08. The van der Waals surface area contributed by atoms with E-state index in [0.29, 0.717) is 18.5 Å². The fourth-order valence-corrected chi connectivity index (χ4v) is 2.45. The monoisotopic (exact) mass is 288 g/mol. The third-order valence-electron chi connectivity index (χ3n) is 3.61. The van der Waals surface area contributed by atoms with E-state index in [4.69, 9.17) is 11.0 Å². The molecule has 0 bridgehead atoms. The Labute approximate surface area is 129 Å². The molecule has 0 unspecified atom stereocenters. The minimum atomic E-state index is 0.673. The summed E-state index contributed by atoms with van der Waals surface area (Å²) in [5.41, 5.74) is 9.61. The van der Waals surface area contributed by atoms with Gasteiger partial charge in [0.2, 0.25) is 0 Å². The van der Waals surface area contributed by atoms with Crippen molar-refractivity contribution in [3.05, 3.63) is 83.4 Å². The van der Waals surface area contributed by atoms with Gasteiger partial charge in [-0.05, 0) is 29.3 Å². The number of benzene rings is 2. The Morgan fingerprint density at radius 2 is 2.00 bits per heavy atom. The fraction of sp³-hybridized carbons (Fsp3) is 0.111. The number of hydrogen-bond donors (Lipinski definition) is 1. The second-order valence-corrected chi connectivity index (χ2v) is 5.16. The average Bonchev–Trinajstić information content (AvgIpc) is 2.97. The van der Waals surface area contributed by atoms with Crippen LogP contribution >= 0.6 is 0 Å². The fourth-order valence-electron chi connectivity index (χ4n) is 2.45. The lowest BCUT2D eigenvalue weighted by atomic mass is 10.1. The Kier molecular flexibility index (Phi) is 3.88. The van der Waals surface area contributed by atoms with E-state index in [0.717, 1.165) is 22.6 Å². The van der Waals surface area contributed by atoms with Crippen molar-refractivity contribution in [3.63, 3.8) is 0 Å². The summed E-state index contributed by atoms with van der Waals surface area (Å²) in [5, 5.41) is 8.99. The molecule has 2 aromatic carbocycles. The van der Waals surface area contributed by atoms with Crippen LogP contribution in [0.1, 0.15) is 22.5 Å². The normalized spacial score (nSPS) is 10.3. The highest BCUT2D eigenvalue weighted by Crippen LogP contribution is 2.16. The van der Waals surface area contributed by atoms with E-state index in [1.54, 1.807) is 6.20 Å². The number of aromatic nitrogens is 2. The predicted octanol–water partition coefficient (Wildman–Crippen LogP) is 2.98. The maximum absolute atomic E-state index is 8.99. The van der Waals surface area contributed by atoms with Crippen molar-refractivity contribution in [1.82, 2.24) is 9.55 Å². The molecule has 1 aromatic heterocycles. The van der Waals surface area contributed by atoms with Gasteiger partial charge in [-0.15, -0.1) is 0 Å². The first kappa shape index (κ1) is 13.9. The SMILES string of the molecule is N#Cc1cccc(Cn2ccnc2Cc2ccccc2N)c1. The Hall–Kier alpha value is -3.06. The van der Waals surface area contributed by atoms with Gasteiger partial charge >= 0.3 is 0 Å². The predicted molar refractivity (Wildman–Crippen MR) is 86.1 cm³/mol. The molecule has 2 N–H and O–H groups in total. The number of nitrogen functional groups attached to an aromatic ring is 1. The van der Waals surface area contributed by atoms with Crippen LogP contribution in [0.3, 0.4) is 0 Å². The molecule has 0 saturated heterocycles. The molecule has 0 saturated carbocycles. The highest BCUT2D eigenvalue weighted by atomic mass is 15.1. The number of para-hydroxylation sites is 1. The molecule has 3 rings (SSSR count). The van der Waals surface area contributed by atoms with Crippen LogP contribution in [0.15, 0.2) is 60.9 Å². The van der Waals surface area contributed by atoms with E-state index in [-0.39, 0.29) is 0 Å². The summed E-state index contributed by atoms with van der Waals surface area (Å²) in [6, 6.07) is 17.6. The third-order valence-corrected chi connectivity index (χ3v) is 3.61. The summed E-state index contributed by atoms with van der Waals surface area (Å²) >= 11 is 0. The largest absolute Gasteiger partial charge is 0.398 e. The van der Waals surface area contributed by atoms with Gasteiger partial charge in [-0.3, -0.25) is 0 Å². The summed E-state index contributed by atoms with van der Waals surface area (Å²) in [7, 11) is 0. The van der Waals surface area contributed by atoms with E-state index in [1.807, 2.05) is 54.7 Å². The molecule has 0 radical (unpaired) electrons. The number of hydrogen-bond acceptors (Lipinski definition) is 3. The van der Waals surface area contributed by atoms with Crippen LogP contribution in [0.2, 0.25) is 0 Å². The van der Waals surface area contributed by atoms with Crippen LogP contribution in [0.5, 0.6) is 0 Å². The van der Waals surface area contributed by atoms with Gasteiger partial charge in [0.15, 0.2) is 0 Å². The molecule has 0 spiro atoms. The van der Waals surface area contributed by atoms with Crippen molar-refractivity contribution in [1.29, 1.82) is 5.26 Å². The molecule has 3 aromatic rings. The number of rotatable bonds is 4. The van der Waals surface area contributed by atoms with E-state index >= 15 is 0 Å².